The summed E-state index contributed by atoms with van der Waals surface area (Å²) in [5.41, 5.74) is 0.487. The summed E-state index contributed by atoms with van der Waals surface area (Å²) in [6.07, 6.45) is 0.695. The monoisotopic (exact) mass is 626 g/mol. The van der Waals surface area contributed by atoms with E-state index < -0.39 is 29.4 Å². The average Bonchev–Trinajstić information content (AvgIpc) is 3.36. The van der Waals surface area contributed by atoms with Crippen LogP contribution in [0.15, 0.2) is 36.5 Å². The third-order valence-electron chi connectivity index (χ3n) is 6.85. The van der Waals surface area contributed by atoms with Gasteiger partial charge in [-0.2, -0.15) is 5.10 Å². The van der Waals surface area contributed by atoms with E-state index in [4.69, 9.17) is 18.3 Å². The van der Waals surface area contributed by atoms with Crippen molar-refractivity contribution in [2.24, 2.45) is 11.3 Å². The molecule has 13 heteroatoms. The van der Waals surface area contributed by atoms with Crippen LogP contribution in [0.25, 0.3) is 22.3 Å². The van der Waals surface area contributed by atoms with Gasteiger partial charge in [-0.25, -0.2) is 14.6 Å². The van der Waals surface area contributed by atoms with E-state index >= 15 is 0 Å². The number of ether oxygens (including phenoxy) is 2. The largest absolute Gasteiger partial charge is 0.493 e. The Bertz CT molecular complexity index is 1400. The number of carbonyl (C=O) groups is 2. The summed E-state index contributed by atoms with van der Waals surface area (Å²) >= 11 is 0. The normalized spacial score (nSPS) is 13.0. The highest BCUT2D eigenvalue weighted by molar-refractivity contribution is 6.26. The second-order valence-corrected chi connectivity index (χ2v) is 13.3. The molecule has 11 nitrogen and oxygen atoms in total. The van der Waals surface area contributed by atoms with Crippen LogP contribution in [0, 0.1) is 11.3 Å². The standard InChI is InChI=1S/C30H42N4O7Si2/c1-18(2)34-16-23-22(26(35)36)14-24(32-25(23)33-34)19-11-10-12-21(13-19)38-17-20(15-31-28(37)39-29(3,4)5)30(6,7)27(40-42-8)41-43-9/h10-14,16,18,20,27H,15,17H2,1-9H3,(H,31,37)(H,35,36). The van der Waals surface area contributed by atoms with Crippen LogP contribution < -0.4 is 10.1 Å². The lowest BCUT2D eigenvalue weighted by atomic mass is 9.78. The molecule has 0 bridgehead atoms. The molecule has 0 saturated heterocycles. The van der Waals surface area contributed by atoms with Crippen LogP contribution >= 0.6 is 0 Å². The van der Waals surface area contributed by atoms with Crippen LogP contribution in [0.2, 0.25) is 13.1 Å². The Morgan fingerprint density at radius 1 is 1.07 bits per heavy atom. The Balaban J connectivity index is 1.89. The number of benzene rings is 1. The van der Waals surface area contributed by atoms with Gasteiger partial charge in [0.05, 0.1) is 23.3 Å². The van der Waals surface area contributed by atoms with Crippen molar-refractivity contribution in [3.8, 4) is 17.0 Å². The number of carboxylic acid groups (broad SMARTS) is 1. The third kappa shape index (κ3) is 9.11. The van der Waals surface area contributed by atoms with Crippen LogP contribution in [0.3, 0.4) is 0 Å². The number of alkyl carbamates (subject to hydrolysis) is 1. The van der Waals surface area contributed by atoms with Crippen molar-refractivity contribution < 1.29 is 33.0 Å². The number of nitrogens with one attached hydrogen (secondary N) is 1. The number of fused-ring (bicyclic) bond motifs is 1. The molecule has 3 aromatic rings. The number of nitrogens with zero attached hydrogens (tertiary/aromatic N) is 3. The van der Waals surface area contributed by atoms with Gasteiger partial charge >= 0.3 is 12.1 Å². The van der Waals surface area contributed by atoms with Crippen molar-refractivity contribution in [1.29, 1.82) is 0 Å². The molecule has 232 valence electrons. The lowest BCUT2D eigenvalue weighted by molar-refractivity contribution is -0.110. The van der Waals surface area contributed by atoms with Crippen LogP contribution in [0.1, 0.15) is 64.9 Å². The first kappa shape index (κ1) is 34.2. The molecule has 1 aromatic carbocycles. The lowest BCUT2D eigenvalue weighted by Crippen LogP contribution is -2.48. The van der Waals surface area contributed by atoms with Gasteiger partial charge in [-0.1, -0.05) is 26.0 Å². The molecule has 0 spiro atoms. The molecule has 2 heterocycles. The van der Waals surface area contributed by atoms with Crippen LogP contribution in [-0.2, 0) is 13.6 Å². The molecule has 0 aliphatic rings. The maximum Gasteiger partial charge on any atom is 0.407 e. The van der Waals surface area contributed by atoms with Crippen molar-refractivity contribution in [3.05, 3.63) is 42.1 Å². The first-order valence-corrected chi connectivity index (χ1v) is 17.0. The van der Waals surface area contributed by atoms with Gasteiger partial charge in [0, 0.05) is 35.7 Å². The maximum atomic E-state index is 12.5. The number of aromatic nitrogens is 3. The average molecular weight is 627 g/mol. The fourth-order valence-electron chi connectivity index (χ4n) is 4.34. The SMILES string of the molecule is C[Si]OC(O[Si]C)C(C)(C)C(CNC(=O)OC(C)(C)C)COc1cccc(-c2cc(C(=O)O)c3cn(C(C)C)nc3n2)c1. The first-order valence-electron chi connectivity index (χ1n) is 14.1. The number of hydrogen-bond donors (Lipinski definition) is 2. The van der Waals surface area contributed by atoms with Gasteiger partial charge in [-0.15, -0.1) is 0 Å². The minimum atomic E-state index is -1.05. The zero-order chi connectivity index (χ0) is 31.9. The third-order valence-corrected chi connectivity index (χ3v) is 7.75. The van der Waals surface area contributed by atoms with E-state index in [-0.39, 0.29) is 50.2 Å². The molecule has 2 aromatic heterocycles. The fraction of sp³-hybridized carbons (Fsp3) is 0.533. The Morgan fingerprint density at radius 3 is 2.33 bits per heavy atom. The van der Waals surface area contributed by atoms with E-state index in [0.717, 1.165) is 0 Å². The summed E-state index contributed by atoms with van der Waals surface area (Å²) in [5, 5.41) is 17.8. The molecule has 2 N–H and O–H groups in total. The highest BCUT2D eigenvalue weighted by Crippen LogP contribution is 2.35. The zero-order valence-corrected chi connectivity index (χ0v) is 28.3. The summed E-state index contributed by atoms with van der Waals surface area (Å²) in [6, 6.07) is 8.93. The smallest absolute Gasteiger partial charge is 0.407 e. The van der Waals surface area contributed by atoms with Crippen molar-refractivity contribution in [2.75, 3.05) is 13.2 Å². The predicted molar refractivity (Wildman–Crippen MR) is 167 cm³/mol. The minimum Gasteiger partial charge on any atom is -0.493 e. The Kier molecular flexibility index (Phi) is 11.5. The van der Waals surface area contributed by atoms with Gasteiger partial charge in [0.25, 0.3) is 0 Å². The molecule has 0 aliphatic carbocycles. The van der Waals surface area contributed by atoms with Crippen molar-refractivity contribution in [2.45, 2.75) is 79.5 Å². The maximum absolute atomic E-state index is 12.5. The number of pyridine rings is 1. The van der Waals surface area contributed by atoms with E-state index in [1.54, 1.807) is 16.9 Å². The summed E-state index contributed by atoms with van der Waals surface area (Å²) in [7, 11) is 0.444. The van der Waals surface area contributed by atoms with Crippen LogP contribution in [-0.4, -0.2) is 76.5 Å². The van der Waals surface area contributed by atoms with Gasteiger partial charge in [-0.05, 0) is 65.9 Å². The first-order chi connectivity index (χ1) is 20.2. The number of rotatable bonds is 14. The van der Waals surface area contributed by atoms with E-state index in [2.05, 4.69) is 15.4 Å². The Hall–Kier alpha value is -3.27. The highest BCUT2D eigenvalue weighted by atomic mass is 28.2. The van der Waals surface area contributed by atoms with E-state index in [1.807, 2.05) is 85.8 Å². The fourth-order valence-corrected chi connectivity index (χ4v) is 5.57. The number of carbonyl (C=O) groups excluding carboxylic acids is 1. The van der Waals surface area contributed by atoms with Gasteiger partial charge < -0.3 is 28.7 Å². The Labute approximate surface area is 258 Å². The molecule has 1 amide bonds. The molecule has 1 atom stereocenters. The molecule has 4 radical (unpaired) electrons. The zero-order valence-electron chi connectivity index (χ0n) is 26.3. The summed E-state index contributed by atoms with van der Waals surface area (Å²) in [6.45, 7) is 17.8. The van der Waals surface area contributed by atoms with Crippen molar-refractivity contribution >= 4 is 42.6 Å². The summed E-state index contributed by atoms with van der Waals surface area (Å²) in [4.78, 5) is 29.3. The molecule has 0 aliphatic heterocycles. The highest BCUT2D eigenvalue weighted by Gasteiger charge is 2.39. The molecule has 3 rings (SSSR count). The molecular weight excluding hydrogens is 585 g/mol. The molecular formula is C30H42N4O7Si2. The molecule has 0 saturated carbocycles. The van der Waals surface area contributed by atoms with Gasteiger partial charge in [0.15, 0.2) is 5.65 Å². The number of amides is 1. The quantitative estimate of drug-likeness (QED) is 0.173. The van der Waals surface area contributed by atoms with Crippen molar-refractivity contribution in [3.63, 3.8) is 0 Å². The van der Waals surface area contributed by atoms with Gasteiger partial charge in [-0.3, -0.25) is 4.68 Å². The van der Waals surface area contributed by atoms with Crippen LogP contribution in [0.4, 0.5) is 4.79 Å². The van der Waals surface area contributed by atoms with Gasteiger partial charge in [0.2, 0.25) is 19.5 Å². The van der Waals surface area contributed by atoms with Gasteiger partial charge in [0.1, 0.15) is 17.6 Å². The van der Waals surface area contributed by atoms with E-state index in [9.17, 15) is 14.7 Å². The number of carboxylic acids is 1. The number of hydrogen-bond acceptors (Lipinski definition) is 8. The topological polar surface area (TPSA) is 134 Å². The van der Waals surface area contributed by atoms with E-state index in [1.165, 1.54) is 0 Å². The van der Waals surface area contributed by atoms with Crippen molar-refractivity contribution in [1.82, 2.24) is 20.1 Å². The summed E-state index contributed by atoms with van der Waals surface area (Å²) in [5.74, 6) is -0.712. The molecule has 43 heavy (non-hydrogen) atoms. The Morgan fingerprint density at radius 2 is 1.74 bits per heavy atom. The predicted octanol–water partition coefficient (Wildman–Crippen LogP) is 5.62. The second-order valence-electron chi connectivity index (χ2n) is 12.0. The molecule has 1 unspecified atom stereocenters. The minimum absolute atomic E-state index is 0.0593. The summed E-state index contributed by atoms with van der Waals surface area (Å²) < 4.78 is 25.4. The molecule has 0 fully saturated rings. The number of aromatic carboxylic acids is 1. The lowest BCUT2D eigenvalue weighted by Gasteiger charge is -2.40. The second kappa shape index (κ2) is 14.5. The van der Waals surface area contributed by atoms with Crippen LogP contribution in [0.5, 0.6) is 5.75 Å². The van der Waals surface area contributed by atoms with E-state index in [0.29, 0.717) is 28.0 Å².